The average Bonchev–Trinajstić information content (AvgIpc) is 3.00. The second-order valence-electron chi connectivity index (χ2n) is 9.37. The van der Waals surface area contributed by atoms with E-state index in [0.717, 1.165) is 34.2 Å². The number of aromatic nitrogens is 1. The summed E-state index contributed by atoms with van der Waals surface area (Å²) < 4.78 is 6.44. The van der Waals surface area contributed by atoms with Gasteiger partial charge in [-0.15, -0.1) is 0 Å². The van der Waals surface area contributed by atoms with Gasteiger partial charge in [0.2, 0.25) is 5.71 Å². The minimum atomic E-state index is -0.267. The number of rotatable bonds is 4. The molecule has 0 saturated carbocycles. The lowest BCUT2D eigenvalue weighted by Crippen LogP contribution is -2.39. The summed E-state index contributed by atoms with van der Waals surface area (Å²) in [6, 6.07) is 8.70. The zero-order valence-electron chi connectivity index (χ0n) is 18.7. The minimum Gasteiger partial charge on any atom is -0.437 e. The number of hydrogen-bond acceptors (Lipinski definition) is 3. The maximum Gasteiger partial charge on any atom is 0.227 e. The number of allylic oxidation sites excluding steroid dienone is 2. The van der Waals surface area contributed by atoms with Crippen molar-refractivity contribution in [2.24, 2.45) is 11.8 Å². The molecule has 0 N–H and O–H groups in total. The number of aryl methyl sites for hydroxylation is 1. The van der Waals surface area contributed by atoms with E-state index >= 15 is 0 Å². The summed E-state index contributed by atoms with van der Waals surface area (Å²) in [6.45, 7) is 13.3. The topological polar surface area (TPSA) is 29.3 Å². The molecule has 3 aromatic rings. The van der Waals surface area contributed by atoms with E-state index in [9.17, 15) is 0 Å². The molecule has 0 fully saturated rings. The van der Waals surface area contributed by atoms with Crippen LogP contribution >= 0.6 is 0 Å². The van der Waals surface area contributed by atoms with Crippen molar-refractivity contribution in [2.75, 3.05) is 7.05 Å². The summed E-state index contributed by atoms with van der Waals surface area (Å²) in [5.41, 5.74) is 6.32. The van der Waals surface area contributed by atoms with Gasteiger partial charge in [-0.25, -0.2) is 4.98 Å². The molecule has 29 heavy (non-hydrogen) atoms. The van der Waals surface area contributed by atoms with Crippen molar-refractivity contribution < 1.29 is 4.42 Å². The molecular formula is C26H32N2O. The van der Waals surface area contributed by atoms with Crippen molar-refractivity contribution in [1.82, 2.24) is 9.88 Å². The van der Waals surface area contributed by atoms with Crippen LogP contribution in [0.3, 0.4) is 0 Å². The molecule has 152 valence electrons. The predicted octanol–water partition coefficient (Wildman–Crippen LogP) is 6.74. The Balaban J connectivity index is 1.91. The number of likely N-dealkylation sites (N-methyl/N-ethyl adjacent to an activating group) is 1. The zero-order valence-corrected chi connectivity index (χ0v) is 18.7. The highest BCUT2D eigenvalue weighted by molar-refractivity contribution is 6.05. The average molecular weight is 389 g/mol. The molecule has 1 aromatic carbocycles. The molecule has 1 aliphatic rings. The Morgan fingerprint density at radius 2 is 1.79 bits per heavy atom. The van der Waals surface area contributed by atoms with Crippen molar-refractivity contribution in [3.63, 3.8) is 0 Å². The molecule has 1 aliphatic heterocycles. The van der Waals surface area contributed by atoms with Gasteiger partial charge >= 0.3 is 0 Å². The Kier molecular flexibility index (Phi) is 4.80. The first-order chi connectivity index (χ1) is 13.7. The van der Waals surface area contributed by atoms with E-state index in [2.05, 4.69) is 96.1 Å². The van der Waals surface area contributed by atoms with Crippen molar-refractivity contribution in [3.05, 3.63) is 65.0 Å². The van der Waals surface area contributed by atoms with Gasteiger partial charge in [0.05, 0.1) is 5.54 Å². The predicted molar refractivity (Wildman–Crippen MR) is 122 cm³/mol. The van der Waals surface area contributed by atoms with Crippen LogP contribution in [0, 0.1) is 18.8 Å². The van der Waals surface area contributed by atoms with Gasteiger partial charge in [0, 0.05) is 35.3 Å². The van der Waals surface area contributed by atoms with Crippen LogP contribution in [0.2, 0.25) is 0 Å². The molecule has 2 aromatic heterocycles. The highest BCUT2D eigenvalue weighted by Gasteiger charge is 2.34. The molecular weight excluding hydrogens is 356 g/mol. The number of nitrogens with zero attached hydrogens (tertiary/aromatic N) is 2. The van der Waals surface area contributed by atoms with Crippen LogP contribution in [-0.2, 0) is 12.0 Å². The van der Waals surface area contributed by atoms with Gasteiger partial charge in [-0.3, -0.25) is 0 Å². The lowest BCUT2D eigenvalue weighted by atomic mass is 9.82. The monoisotopic (exact) mass is 388 g/mol. The molecule has 0 radical (unpaired) electrons. The Hall–Kier alpha value is -2.55. The molecule has 1 unspecified atom stereocenters. The first kappa shape index (κ1) is 19.8. The number of benzene rings is 1. The Bertz CT molecular complexity index is 1130. The molecule has 3 heterocycles. The highest BCUT2D eigenvalue weighted by Crippen LogP contribution is 2.42. The summed E-state index contributed by atoms with van der Waals surface area (Å²) in [5, 5.41) is 2.24. The normalized spacial score (nSPS) is 19.8. The van der Waals surface area contributed by atoms with E-state index in [1.807, 2.05) is 0 Å². The maximum absolute atomic E-state index is 6.44. The first-order valence-corrected chi connectivity index (χ1v) is 10.7. The van der Waals surface area contributed by atoms with Gasteiger partial charge < -0.3 is 9.32 Å². The van der Waals surface area contributed by atoms with Crippen LogP contribution in [0.4, 0.5) is 0 Å². The van der Waals surface area contributed by atoms with Crippen LogP contribution in [-0.4, -0.2) is 16.9 Å². The fourth-order valence-electron chi connectivity index (χ4n) is 4.40. The largest absolute Gasteiger partial charge is 0.437 e. The van der Waals surface area contributed by atoms with E-state index in [-0.39, 0.29) is 5.54 Å². The number of furan rings is 1. The van der Waals surface area contributed by atoms with Crippen LogP contribution in [0.25, 0.3) is 22.1 Å². The molecule has 0 spiro atoms. The van der Waals surface area contributed by atoms with Crippen LogP contribution < -0.4 is 0 Å². The zero-order chi connectivity index (χ0) is 20.9. The summed E-state index contributed by atoms with van der Waals surface area (Å²) >= 11 is 0. The van der Waals surface area contributed by atoms with Crippen LogP contribution in [0.15, 0.2) is 52.6 Å². The molecule has 0 aliphatic carbocycles. The van der Waals surface area contributed by atoms with Crippen molar-refractivity contribution in [3.8, 4) is 0 Å². The third kappa shape index (κ3) is 3.27. The van der Waals surface area contributed by atoms with Gasteiger partial charge in [-0.1, -0.05) is 52.0 Å². The minimum absolute atomic E-state index is 0.267. The number of fused-ring (bicyclic) bond motifs is 3. The van der Waals surface area contributed by atoms with E-state index in [1.165, 1.54) is 16.7 Å². The van der Waals surface area contributed by atoms with E-state index in [0.29, 0.717) is 11.8 Å². The highest BCUT2D eigenvalue weighted by atomic mass is 16.3. The quantitative estimate of drug-likeness (QED) is 0.495. The summed E-state index contributed by atoms with van der Waals surface area (Å²) in [5.74, 6) is 1.08. The summed E-state index contributed by atoms with van der Waals surface area (Å²) in [6.07, 6.45) is 7.81. The standard InChI is InChI=1S/C26H32N2O/c1-16(2)14-20-9-11-22-21-10-8-18(5)23(24(21)29-25(22)27-20)26(6)13-12-19(17(3)4)15-28(26)7/h8-13,15-17H,14H2,1-7H3. The third-order valence-corrected chi connectivity index (χ3v) is 6.24. The lowest BCUT2D eigenvalue weighted by Gasteiger charge is -2.40. The van der Waals surface area contributed by atoms with Gasteiger partial charge in [0.25, 0.3) is 0 Å². The van der Waals surface area contributed by atoms with Gasteiger partial charge in [0.15, 0.2) is 0 Å². The van der Waals surface area contributed by atoms with Crippen molar-refractivity contribution >= 4 is 22.1 Å². The van der Waals surface area contributed by atoms with Crippen LogP contribution in [0.5, 0.6) is 0 Å². The molecule has 4 rings (SSSR count). The molecule has 1 atom stereocenters. The lowest BCUT2D eigenvalue weighted by molar-refractivity contribution is 0.256. The fourth-order valence-corrected chi connectivity index (χ4v) is 4.40. The summed E-state index contributed by atoms with van der Waals surface area (Å²) in [4.78, 5) is 7.15. The van der Waals surface area contributed by atoms with Crippen molar-refractivity contribution in [1.29, 1.82) is 0 Å². The number of hydrogen-bond donors (Lipinski definition) is 0. The second kappa shape index (κ2) is 7.05. The SMILES string of the molecule is Cc1ccc2c(oc3nc(CC(C)C)ccc32)c1C1(C)C=CC(C(C)C)=CN1C. The smallest absolute Gasteiger partial charge is 0.227 e. The Morgan fingerprint density at radius 3 is 2.45 bits per heavy atom. The Morgan fingerprint density at radius 1 is 1.07 bits per heavy atom. The molecule has 0 saturated heterocycles. The third-order valence-electron chi connectivity index (χ3n) is 6.24. The van der Waals surface area contributed by atoms with Crippen molar-refractivity contribution in [2.45, 2.75) is 53.5 Å². The fraction of sp³-hybridized carbons (Fsp3) is 0.423. The van der Waals surface area contributed by atoms with E-state index in [1.54, 1.807) is 0 Å². The van der Waals surface area contributed by atoms with Gasteiger partial charge in [0.1, 0.15) is 5.58 Å². The van der Waals surface area contributed by atoms with Crippen LogP contribution in [0.1, 0.15) is 51.4 Å². The molecule has 3 nitrogen and oxygen atoms in total. The second-order valence-corrected chi connectivity index (χ2v) is 9.37. The molecule has 0 amide bonds. The number of pyridine rings is 1. The van der Waals surface area contributed by atoms with Gasteiger partial charge in [-0.2, -0.15) is 0 Å². The van der Waals surface area contributed by atoms with E-state index < -0.39 is 0 Å². The maximum atomic E-state index is 6.44. The van der Waals surface area contributed by atoms with Gasteiger partial charge in [-0.05, 0) is 55.4 Å². The molecule has 3 heteroatoms. The molecule has 0 bridgehead atoms. The Labute approximate surface area is 174 Å². The first-order valence-electron chi connectivity index (χ1n) is 10.7. The van der Waals surface area contributed by atoms with E-state index in [4.69, 9.17) is 9.40 Å². The summed E-state index contributed by atoms with van der Waals surface area (Å²) in [7, 11) is 2.16.